The highest BCUT2D eigenvalue weighted by atomic mass is 32.2. The molecular weight excluding hydrogens is 460 g/mol. The topological polar surface area (TPSA) is 75.7 Å². The fraction of sp³-hybridized carbons (Fsp3) is 0.321. The van der Waals surface area contributed by atoms with Crippen LogP contribution in [0.2, 0.25) is 0 Å². The molecule has 3 aromatic rings. The number of rotatable bonds is 10. The van der Waals surface area contributed by atoms with Gasteiger partial charge in [0.2, 0.25) is 5.91 Å². The number of benzene rings is 3. The van der Waals surface area contributed by atoms with Crippen LogP contribution in [-0.4, -0.2) is 28.0 Å². The number of methoxy groups -OCH3 is 1. The first-order valence-electron chi connectivity index (χ1n) is 11.7. The maximum Gasteiger partial charge on any atom is 0.264 e. The van der Waals surface area contributed by atoms with Gasteiger partial charge in [0, 0.05) is 0 Å². The Morgan fingerprint density at radius 1 is 0.943 bits per heavy atom. The van der Waals surface area contributed by atoms with Crippen molar-refractivity contribution in [2.24, 2.45) is 5.92 Å². The van der Waals surface area contributed by atoms with Gasteiger partial charge in [0.1, 0.15) is 12.3 Å². The van der Waals surface area contributed by atoms with Crippen LogP contribution < -0.4 is 14.4 Å². The number of nitrogens with one attached hydrogen (secondary N) is 1. The van der Waals surface area contributed by atoms with Gasteiger partial charge in [-0.25, -0.2) is 8.42 Å². The number of anilines is 1. The fourth-order valence-electron chi connectivity index (χ4n) is 3.98. The van der Waals surface area contributed by atoms with Crippen molar-refractivity contribution in [2.45, 2.75) is 45.1 Å². The third-order valence-corrected chi connectivity index (χ3v) is 7.80. The number of hydrogen-bond acceptors (Lipinski definition) is 4. The second-order valence-corrected chi connectivity index (χ2v) is 10.9. The zero-order valence-electron chi connectivity index (χ0n) is 21.0. The zero-order chi connectivity index (χ0) is 25.6. The van der Waals surface area contributed by atoms with Gasteiger partial charge < -0.3 is 10.1 Å². The lowest BCUT2D eigenvalue weighted by atomic mass is 9.97. The molecule has 0 aliphatic heterocycles. The number of nitrogens with zero attached hydrogens (tertiary/aromatic N) is 1. The van der Waals surface area contributed by atoms with Crippen LogP contribution in [0.4, 0.5) is 5.69 Å². The fourth-order valence-corrected chi connectivity index (χ4v) is 5.48. The van der Waals surface area contributed by atoms with E-state index in [-0.39, 0.29) is 23.4 Å². The summed E-state index contributed by atoms with van der Waals surface area (Å²) in [4.78, 5) is 13.5. The van der Waals surface area contributed by atoms with Crippen LogP contribution in [0.5, 0.6) is 5.75 Å². The molecular formula is C28H34N2O4S. The minimum absolute atomic E-state index is 0.141. The zero-order valence-corrected chi connectivity index (χ0v) is 21.8. The van der Waals surface area contributed by atoms with Gasteiger partial charge in [-0.15, -0.1) is 0 Å². The Balaban J connectivity index is 1.95. The van der Waals surface area contributed by atoms with E-state index in [9.17, 15) is 13.2 Å². The lowest BCUT2D eigenvalue weighted by Gasteiger charge is -2.28. The Morgan fingerprint density at radius 2 is 1.60 bits per heavy atom. The van der Waals surface area contributed by atoms with E-state index < -0.39 is 10.0 Å². The molecule has 35 heavy (non-hydrogen) atoms. The molecule has 6 nitrogen and oxygen atoms in total. The summed E-state index contributed by atoms with van der Waals surface area (Å²) in [6, 6.07) is 21.0. The third kappa shape index (κ3) is 6.42. The molecule has 0 unspecified atom stereocenters. The second kappa shape index (κ2) is 11.4. The first kappa shape index (κ1) is 26.3. The smallest absolute Gasteiger partial charge is 0.264 e. The van der Waals surface area contributed by atoms with Crippen LogP contribution in [0.3, 0.4) is 0 Å². The largest absolute Gasteiger partial charge is 0.497 e. The SMILES string of the molecule is COc1ccc([C@@H](CC(C)C)NC(=O)CN(c2cccc(C)c2C)S(=O)(=O)c2ccccc2)cc1. The van der Waals surface area contributed by atoms with Crippen molar-refractivity contribution in [1.82, 2.24) is 5.32 Å². The minimum atomic E-state index is -3.96. The minimum Gasteiger partial charge on any atom is -0.497 e. The summed E-state index contributed by atoms with van der Waals surface area (Å²) in [5, 5.41) is 3.07. The highest BCUT2D eigenvalue weighted by molar-refractivity contribution is 7.92. The van der Waals surface area contributed by atoms with Crippen LogP contribution in [-0.2, 0) is 14.8 Å². The Kier molecular flexibility index (Phi) is 8.57. The van der Waals surface area contributed by atoms with Crippen molar-refractivity contribution < 1.29 is 17.9 Å². The predicted octanol–water partition coefficient (Wildman–Crippen LogP) is 5.41. The summed E-state index contributed by atoms with van der Waals surface area (Å²) < 4.78 is 33.8. The first-order valence-corrected chi connectivity index (χ1v) is 13.1. The Morgan fingerprint density at radius 3 is 2.20 bits per heavy atom. The third-order valence-electron chi connectivity index (χ3n) is 6.02. The Labute approximate surface area is 209 Å². The maximum absolute atomic E-state index is 13.7. The molecule has 0 aromatic heterocycles. The van der Waals surface area contributed by atoms with E-state index >= 15 is 0 Å². The van der Waals surface area contributed by atoms with E-state index in [0.29, 0.717) is 18.0 Å². The van der Waals surface area contributed by atoms with E-state index in [2.05, 4.69) is 19.2 Å². The van der Waals surface area contributed by atoms with Crippen LogP contribution >= 0.6 is 0 Å². The molecule has 0 bridgehead atoms. The number of carbonyl (C=O) groups is 1. The molecule has 0 saturated carbocycles. The van der Waals surface area contributed by atoms with Crippen LogP contribution in [0.15, 0.2) is 77.7 Å². The summed E-state index contributed by atoms with van der Waals surface area (Å²) in [7, 11) is -2.36. The predicted molar refractivity (Wildman–Crippen MR) is 140 cm³/mol. The monoisotopic (exact) mass is 494 g/mol. The number of hydrogen-bond donors (Lipinski definition) is 1. The van der Waals surface area contributed by atoms with Crippen LogP contribution in [0.1, 0.15) is 43.0 Å². The molecule has 186 valence electrons. The molecule has 3 rings (SSSR count). The van der Waals surface area contributed by atoms with E-state index in [1.54, 1.807) is 43.5 Å². The van der Waals surface area contributed by atoms with Gasteiger partial charge in [-0.2, -0.15) is 0 Å². The Hall–Kier alpha value is -3.32. The number of aryl methyl sites for hydroxylation is 1. The molecule has 0 spiro atoms. The highest BCUT2D eigenvalue weighted by Crippen LogP contribution is 2.29. The molecule has 3 aromatic carbocycles. The van der Waals surface area contributed by atoms with Gasteiger partial charge in [0.15, 0.2) is 0 Å². The number of amides is 1. The van der Waals surface area contributed by atoms with Crippen molar-refractivity contribution in [1.29, 1.82) is 0 Å². The van der Waals surface area contributed by atoms with Gasteiger partial charge in [0.25, 0.3) is 10.0 Å². The van der Waals surface area contributed by atoms with Crippen LogP contribution in [0, 0.1) is 19.8 Å². The molecule has 0 aliphatic carbocycles. The summed E-state index contributed by atoms with van der Waals surface area (Å²) in [6.07, 6.45) is 0.715. The maximum atomic E-state index is 13.7. The molecule has 1 N–H and O–H groups in total. The second-order valence-electron chi connectivity index (χ2n) is 9.07. The van der Waals surface area contributed by atoms with Gasteiger partial charge in [0.05, 0.1) is 23.7 Å². The highest BCUT2D eigenvalue weighted by Gasteiger charge is 2.29. The first-order chi connectivity index (χ1) is 16.6. The van der Waals surface area contributed by atoms with Gasteiger partial charge >= 0.3 is 0 Å². The van der Waals surface area contributed by atoms with E-state index in [1.807, 2.05) is 50.2 Å². The average molecular weight is 495 g/mol. The van der Waals surface area contributed by atoms with Gasteiger partial charge in [-0.1, -0.05) is 56.3 Å². The van der Waals surface area contributed by atoms with Gasteiger partial charge in [-0.05, 0) is 73.2 Å². The van der Waals surface area contributed by atoms with Crippen molar-refractivity contribution in [3.05, 3.63) is 89.5 Å². The molecule has 0 aliphatic rings. The van der Waals surface area contributed by atoms with Crippen molar-refractivity contribution in [3.8, 4) is 5.75 Å². The molecule has 0 saturated heterocycles. The average Bonchev–Trinajstić information content (AvgIpc) is 2.84. The standard InChI is InChI=1S/C28H34N2O4S/c1-20(2)18-26(23-14-16-24(34-5)17-15-23)29-28(31)19-30(27-13-9-10-21(3)22(27)4)35(32,33)25-11-7-6-8-12-25/h6-17,20,26H,18-19H2,1-5H3,(H,29,31)/t26-/m1/s1. The Bertz CT molecular complexity index is 1240. The van der Waals surface area contributed by atoms with E-state index in [0.717, 1.165) is 22.4 Å². The summed E-state index contributed by atoms with van der Waals surface area (Å²) in [5.41, 5.74) is 3.20. The van der Waals surface area contributed by atoms with E-state index in [4.69, 9.17) is 4.74 Å². The molecule has 0 heterocycles. The van der Waals surface area contributed by atoms with Crippen molar-refractivity contribution >= 4 is 21.6 Å². The molecule has 1 atom stereocenters. The molecule has 0 fully saturated rings. The number of carbonyl (C=O) groups excluding carboxylic acids is 1. The van der Waals surface area contributed by atoms with Crippen molar-refractivity contribution in [2.75, 3.05) is 18.0 Å². The van der Waals surface area contributed by atoms with Crippen LogP contribution in [0.25, 0.3) is 0 Å². The van der Waals surface area contributed by atoms with Gasteiger partial charge in [-0.3, -0.25) is 9.10 Å². The molecule has 1 amide bonds. The quantitative estimate of drug-likeness (QED) is 0.409. The van der Waals surface area contributed by atoms with Crippen molar-refractivity contribution in [3.63, 3.8) is 0 Å². The molecule has 7 heteroatoms. The number of ether oxygens (including phenoxy) is 1. The summed E-state index contributed by atoms with van der Waals surface area (Å²) in [6.45, 7) is 7.64. The summed E-state index contributed by atoms with van der Waals surface area (Å²) >= 11 is 0. The van der Waals surface area contributed by atoms with E-state index in [1.165, 1.54) is 4.31 Å². The summed E-state index contributed by atoms with van der Waals surface area (Å²) in [5.74, 6) is 0.691. The lowest BCUT2D eigenvalue weighted by molar-refractivity contribution is -0.120. The lowest BCUT2D eigenvalue weighted by Crippen LogP contribution is -2.42. The normalized spacial score (nSPS) is 12.3. The number of sulfonamides is 1. The molecule has 0 radical (unpaired) electrons.